The van der Waals surface area contributed by atoms with Crippen molar-refractivity contribution in [3.63, 3.8) is 0 Å². The van der Waals surface area contributed by atoms with Crippen LogP contribution in [0.3, 0.4) is 0 Å². The van der Waals surface area contributed by atoms with Gasteiger partial charge in [-0.25, -0.2) is 21.6 Å². The lowest BCUT2D eigenvalue weighted by Gasteiger charge is -2.21. The van der Waals surface area contributed by atoms with Crippen molar-refractivity contribution < 1.29 is 21.9 Å². The summed E-state index contributed by atoms with van der Waals surface area (Å²) in [6.45, 7) is 0.747. The van der Waals surface area contributed by atoms with Crippen molar-refractivity contribution in [1.82, 2.24) is 10.0 Å². The second-order valence-electron chi connectivity index (χ2n) is 4.13. The number of sulfone groups is 1. The highest BCUT2D eigenvalue weighted by Crippen LogP contribution is 2.13. The minimum Gasteiger partial charge on any atom is -0.387 e. The standard InChI is InChI=1S/C7H16N2O5S2/c1-15(11,12)6-16(13,14)9-5-7(10)2-3-8-4-7/h8-10H,2-6H2,1H3. The van der Waals surface area contributed by atoms with Gasteiger partial charge in [-0.2, -0.15) is 0 Å². The molecule has 3 N–H and O–H groups in total. The normalized spacial score (nSPS) is 27.1. The second kappa shape index (κ2) is 4.57. The van der Waals surface area contributed by atoms with Crippen LogP contribution in [0, 0.1) is 0 Å². The van der Waals surface area contributed by atoms with E-state index in [1.165, 1.54) is 0 Å². The summed E-state index contributed by atoms with van der Waals surface area (Å²) in [5.74, 6) is 0. The molecule has 7 nitrogen and oxygen atoms in total. The first-order valence-electron chi connectivity index (χ1n) is 4.70. The molecule has 1 fully saturated rings. The number of hydrogen-bond donors (Lipinski definition) is 3. The first kappa shape index (κ1) is 13.8. The molecular weight excluding hydrogens is 256 g/mol. The third kappa shape index (κ3) is 4.74. The minimum absolute atomic E-state index is 0.169. The van der Waals surface area contributed by atoms with Crippen molar-refractivity contribution in [3.05, 3.63) is 0 Å². The summed E-state index contributed by atoms with van der Waals surface area (Å²) >= 11 is 0. The van der Waals surface area contributed by atoms with Gasteiger partial charge in [0.15, 0.2) is 14.9 Å². The lowest BCUT2D eigenvalue weighted by molar-refractivity contribution is 0.0668. The Balaban J connectivity index is 2.54. The summed E-state index contributed by atoms with van der Waals surface area (Å²) in [6, 6.07) is 0. The molecule has 1 rings (SSSR count). The zero-order valence-electron chi connectivity index (χ0n) is 8.93. The van der Waals surface area contributed by atoms with E-state index in [-0.39, 0.29) is 6.54 Å². The number of hydrogen-bond acceptors (Lipinski definition) is 6. The Kier molecular flexibility index (Phi) is 3.95. The van der Waals surface area contributed by atoms with Gasteiger partial charge < -0.3 is 10.4 Å². The Morgan fingerprint density at radius 2 is 2.00 bits per heavy atom. The van der Waals surface area contributed by atoms with Crippen molar-refractivity contribution in [1.29, 1.82) is 0 Å². The van der Waals surface area contributed by atoms with Gasteiger partial charge >= 0.3 is 0 Å². The van der Waals surface area contributed by atoms with Gasteiger partial charge in [-0.15, -0.1) is 0 Å². The van der Waals surface area contributed by atoms with Gasteiger partial charge in [0.2, 0.25) is 10.0 Å². The van der Waals surface area contributed by atoms with E-state index in [0.717, 1.165) is 6.26 Å². The predicted octanol–water partition coefficient (Wildman–Crippen LogP) is -2.37. The monoisotopic (exact) mass is 272 g/mol. The number of aliphatic hydroxyl groups is 1. The maximum absolute atomic E-state index is 11.3. The molecule has 0 amide bonds. The number of sulfonamides is 1. The van der Waals surface area contributed by atoms with Crippen LogP contribution < -0.4 is 10.0 Å². The van der Waals surface area contributed by atoms with Crippen LogP contribution in [0.5, 0.6) is 0 Å². The molecular formula is C7H16N2O5S2. The molecule has 96 valence electrons. The molecule has 0 aromatic carbocycles. The molecule has 0 aliphatic carbocycles. The van der Waals surface area contributed by atoms with Crippen LogP contribution in [0.25, 0.3) is 0 Å². The van der Waals surface area contributed by atoms with Crippen molar-refractivity contribution in [3.8, 4) is 0 Å². The Bertz CT molecular complexity index is 435. The Morgan fingerprint density at radius 1 is 1.38 bits per heavy atom. The lowest BCUT2D eigenvalue weighted by Crippen LogP contribution is -2.45. The zero-order valence-corrected chi connectivity index (χ0v) is 10.6. The minimum atomic E-state index is -3.89. The van der Waals surface area contributed by atoms with Crippen molar-refractivity contribution in [2.75, 3.05) is 31.0 Å². The van der Waals surface area contributed by atoms with Gasteiger partial charge in [-0.05, 0) is 13.0 Å². The fraction of sp³-hybridized carbons (Fsp3) is 1.00. The number of β-amino-alcohol motifs (C(OH)–C–C–N with tert-alkyl or cyclic N) is 1. The molecule has 0 aromatic heterocycles. The third-order valence-electron chi connectivity index (χ3n) is 2.21. The largest absolute Gasteiger partial charge is 0.387 e. The molecule has 1 saturated heterocycles. The van der Waals surface area contributed by atoms with E-state index in [2.05, 4.69) is 10.0 Å². The Hall–Kier alpha value is -0.220. The Labute approximate surface area is 95.2 Å². The highest BCUT2D eigenvalue weighted by atomic mass is 32.3. The summed E-state index contributed by atoms with van der Waals surface area (Å²) in [5.41, 5.74) is -1.12. The highest BCUT2D eigenvalue weighted by Gasteiger charge is 2.32. The lowest BCUT2D eigenvalue weighted by atomic mass is 10.1. The van der Waals surface area contributed by atoms with E-state index in [4.69, 9.17) is 0 Å². The number of rotatable bonds is 5. The molecule has 1 aliphatic heterocycles. The predicted molar refractivity (Wildman–Crippen MR) is 59.1 cm³/mol. The van der Waals surface area contributed by atoms with Crippen molar-refractivity contribution in [2.24, 2.45) is 0 Å². The molecule has 0 bridgehead atoms. The second-order valence-corrected chi connectivity index (χ2v) is 8.44. The van der Waals surface area contributed by atoms with Crippen LogP contribution in [0.4, 0.5) is 0 Å². The summed E-state index contributed by atoms with van der Waals surface area (Å²) in [7, 11) is -7.49. The molecule has 0 saturated carbocycles. The summed E-state index contributed by atoms with van der Waals surface area (Å²) in [5, 5.41) is 11.8. The molecule has 0 radical (unpaired) electrons. The van der Waals surface area contributed by atoms with Crippen LogP contribution >= 0.6 is 0 Å². The zero-order chi connectivity index (χ0) is 12.4. The first-order valence-corrected chi connectivity index (χ1v) is 8.41. The SMILES string of the molecule is CS(=O)(=O)CS(=O)(=O)NCC1(O)CCNC1. The van der Waals surface area contributed by atoms with E-state index in [0.29, 0.717) is 19.5 Å². The quantitative estimate of drug-likeness (QED) is 0.516. The summed E-state index contributed by atoms with van der Waals surface area (Å²) in [4.78, 5) is 0. The summed E-state index contributed by atoms with van der Waals surface area (Å²) < 4.78 is 46.4. The topological polar surface area (TPSA) is 113 Å². The van der Waals surface area contributed by atoms with E-state index >= 15 is 0 Å². The van der Waals surface area contributed by atoms with Gasteiger partial charge in [0.1, 0.15) is 0 Å². The molecule has 0 aromatic rings. The van der Waals surface area contributed by atoms with Crippen LogP contribution in [-0.2, 0) is 19.9 Å². The molecule has 16 heavy (non-hydrogen) atoms. The summed E-state index contributed by atoms with van der Waals surface area (Å²) in [6.07, 6.45) is 1.28. The molecule has 1 atom stereocenters. The Morgan fingerprint density at radius 3 is 2.44 bits per heavy atom. The molecule has 1 aliphatic rings. The average Bonchev–Trinajstić information content (AvgIpc) is 2.46. The third-order valence-corrected chi connectivity index (χ3v) is 5.75. The van der Waals surface area contributed by atoms with E-state index in [1.807, 2.05) is 0 Å². The molecule has 9 heteroatoms. The molecule has 1 heterocycles. The van der Waals surface area contributed by atoms with Gasteiger partial charge in [0.05, 0.1) is 5.60 Å². The van der Waals surface area contributed by atoms with Gasteiger partial charge in [0.25, 0.3) is 0 Å². The van der Waals surface area contributed by atoms with Gasteiger partial charge in [0, 0.05) is 19.3 Å². The fourth-order valence-corrected chi connectivity index (χ4v) is 4.53. The van der Waals surface area contributed by atoms with Crippen LogP contribution in [0.2, 0.25) is 0 Å². The van der Waals surface area contributed by atoms with Gasteiger partial charge in [-0.3, -0.25) is 0 Å². The fourth-order valence-electron chi connectivity index (χ4n) is 1.45. The van der Waals surface area contributed by atoms with E-state index in [1.54, 1.807) is 0 Å². The number of nitrogens with one attached hydrogen (secondary N) is 2. The van der Waals surface area contributed by atoms with Crippen molar-refractivity contribution >= 4 is 19.9 Å². The maximum Gasteiger partial charge on any atom is 0.226 e. The highest BCUT2D eigenvalue weighted by molar-refractivity contribution is 8.06. The average molecular weight is 272 g/mol. The van der Waals surface area contributed by atoms with Crippen molar-refractivity contribution in [2.45, 2.75) is 12.0 Å². The molecule has 1 unspecified atom stereocenters. The smallest absolute Gasteiger partial charge is 0.226 e. The van der Waals surface area contributed by atoms with Gasteiger partial charge in [-0.1, -0.05) is 0 Å². The van der Waals surface area contributed by atoms with E-state index < -0.39 is 30.5 Å². The van der Waals surface area contributed by atoms with Crippen LogP contribution in [-0.4, -0.2) is 58.5 Å². The van der Waals surface area contributed by atoms with E-state index in [9.17, 15) is 21.9 Å². The first-order chi connectivity index (χ1) is 7.12. The molecule has 0 spiro atoms. The van der Waals surface area contributed by atoms with Crippen LogP contribution in [0.1, 0.15) is 6.42 Å². The van der Waals surface area contributed by atoms with Crippen LogP contribution in [0.15, 0.2) is 0 Å². The maximum atomic E-state index is 11.3.